The third kappa shape index (κ3) is 11.0. The van der Waals surface area contributed by atoms with Crippen molar-refractivity contribution >= 4 is 12.0 Å². The Bertz CT molecular complexity index is 426. The smallest absolute Gasteiger partial charge is 0.150 e. The largest absolute Gasteiger partial charge is 0.382 e. The number of anilines is 1. The second-order valence-corrected chi connectivity index (χ2v) is 7.34. The highest BCUT2D eigenvalue weighted by molar-refractivity contribution is 5.75. The third-order valence-corrected chi connectivity index (χ3v) is 4.96. The standard InChI is InChI=1S/C23H39NO/c1-3-5-6-7-8-9-10-11-12-13-15-22(14-4-2)24-23-18-16-21(20-25)17-19-23/h16-20,22,24H,3-15H2,1-2H3. The van der Waals surface area contributed by atoms with Crippen LogP contribution >= 0.6 is 0 Å². The molecule has 1 atom stereocenters. The molecule has 25 heavy (non-hydrogen) atoms. The summed E-state index contributed by atoms with van der Waals surface area (Å²) in [6, 6.07) is 8.37. The van der Waals surface area contributed by atoms with Crippen LogP contribution in [0.4, 0.5) is 5.69 Å². The molecular weight excluding hydrogens is 306 g/mol. The molecule has 2 nitrogen and oxygen atoms in total. The molecule has 0 aliphatic rings. The summed E-state index contributed by atoms with van der Waals surface area (Å²) in [5.74, 6) is 0. The maximum Gasteiger partial charge on any atom is 0.150 e. The van der Waals surface area contributed by atoms with E-state index >= 15 is 0 Å². The van der Waals surface area contributed by atoms with Crippen molar-refractivity contribution in [3.63, 3.8) is 0 Å². The van der Waals surface area contributed by atoms with Gasteiger partial charge in [0.1, 0.15) is 6.29 Å². The summed E-state index contributed by atoms with van der Waals surface area (Å²) >= 11 is 0. The molecule has 0 amide bonds. The Morgan fingerprint density at radius 1 is 0.760 bits per heavy atom. The molecule has 0 radical (unpaired) electrons. The van der Waals surface area contributed by atoms with Gasteiger partial charge in [-0.1, -0.05) is 84.5 Å². The number of carbonyl (C=O) groups excluding carboxylic acids is 1. The van der Waals surface area contributed by atoms with Crippen molar-refractivity contribution in [1.82, 2.24) is 0 Å². The molecule has 1 unspecified atom stereocenters. The van der Waals surface area contributed by atoms with Crippen LogP contribution in [0, 0.1) is 0 Å². The molecule has 1 N–H and O–H groups in total. The molecule has 0 aliphatic heterocycles. The van der Waals surface area contributed by atoms with E-state index in [2.05, 4.69) is 19.2 Å². The fourth-order valence-corrected chi connectivity index (χ4v) is 3.41. The lowest BCUT2D eigenvalue weighted by Crippen LogP contribution is -2.19. The minimum Gasteiger partial charge on any atom is -0.382 e. The average Bonchev–Trinajstić information content (AvgIpc) is 2.64. The van der Waals surface area contributed by atoms with Gasteiger partial charge in [0.05, 0.1) is 0 Å². The molecule has 2 heteroatoms. The van der Waals surface area contributed by atoms with Crippen LogP contribution in [0.15, 0.2) is 24.3 Å². The van der Waals surface area contributed by atoms with Crippen molar-refractivity contribution in [1.29, 1.82) is 0 Å². The summed E-state index contributed by atoms with van der Waals surface area (Å²) in [6.07, 6.45) is 18.5. The van der Waals surface area contributed by atoms with Crippen LogP contribution in [0.25, 0.3) is 0 Å². The number of hydrogen-bond acceptors (Lipinski definition) is 2. The second kappa shape index (κ2) is 15.0. The van der Waals surface area contributed by atoms with E-state index in [1.807, 2.05) is 24.3 Å². The monoisotopic (exact) mass is 345 g/mol. The quantitative estimate of drug-likeness (QED) is 0.250. The van der Waals surface area contributed by atoms with Crippen molar-refractivity contribution in [2.24, 2.45) is 0 Å². The van der Waals surface area contributed by atoms with E-state index in [0.717, 1.165) is 17.5 Å². The van der Waals surface area contributed by atoms with Crippen LogP contribution < -0.4 is 5.32 Å². The SMILES string of the molecule is CCCCCCCCCCCCC(CCC)Nc1ccc(C=O)cc1. The summed E-state index contributed by atoms with van der Waals surface area (Å²) < 4.78 is 0. The Hall–Kier alpha value is -1.31. The predicted molar refractivity (Wildman–Crippen MR) is 111 cm³/mol. The molecule has 1 aromatic rings. The summed E-state index contributed by atoms with van der Waals surface area (Å²) in [4.78, 5) is 10.7. The van der Waals surface area contributed by atoms with E-state index in [0.29, 0.717) is 6.04 Å². The molecule has 0 saturated heterocycles. The molecule has 0 heterocycles. The van der Waals surface area contributed by atoms with Gasteiger partial charge in [0, 0.05) is 17.3 Å². The van der Waals surface area contributed by atoms with Gasteiger partial charge in [-0.25, -0.2) is 0 Å². The lowest BCUT2D eigenvalue weighted by molar-refractivity contribution is 0.112. The topological polar surface area (TPSA) is 29.1 Å². The first kappa shape index (κ1) is 21.7. The first-order valence-electron chi connectivity index (χ1n) is 10.6. The van der Waals surface area contributed by atoms with Gasteiger partial charge < -0.3 is 5.32 Å². The summed E-state index contributed by atoms with van der Waals surface area (Å²) in [6.45, 7) is 4.53. The van der Waals surface area contributed by atoms with Gasteiger partial charge in [0.15, 0.2) is 0 Å². The van der Waals surface area contributed by atoms with Crippen molar-refractivity contribution in [3.05, 3.63) is 29.8 Å². The highest BCUT2D eigenvalue weighted by atomic mass is 16.1. The Labute approximate surface area is 155 Å². The van der Waals surface area contributed by atoms with Gasteiger partial charge in [-0.2, -0.15) is 0 Å². The molecule has 1 aromatic carbocycles. The number of aldehydes is 1. The molecule has 0 aromatic heterocycles. The maximum atomic E-state index is 10.7. The van der Waals surface area contributed by atoms with E-state index in [1.165, 1.54) is 83.5 Å². The summed E-state index contributed by atoms with van der Waals surface area (Å²) in [7, 11) is 0. The van der Waals surface area contributed by atoms with Crippen molar-refractivity contribution < 1.29 is 4.79 Å². The normalized spacial score (nSPS) is 12.1. The molecule has 0 aliphatic carbocycles. The van der Waals surface area contributed by atoms with E-state index in [-0.39, 0.29) is 0 Å². The van der Waals surface area contributed by atoms with Crippen LogP contribution in [0.3, 0.4) is 0 Å². The fourth-order valence-electron chi connectivity index (χ4n) is 3.41. The first-order valence-corrected chi connectivity index (χ1v) is 10.6. The number of nitrogens with one attached hydrogen (secondary N) is 1. The van der Waals surface area contributed by atoms with Gasteiger partial charge in [0.25, 0.3) is 0 Å². The number of unbranched alkanes of at least 4 members (excludes halogenated alkanes) is 9. The number of benzene rings is 1. The summed E-state index contributed by atoms with van der Waals surface area (Å²) in [5.41, 5.74) is 1.88. The Morgan fingerprint density at radius 2 is 1.32 bits per heavy atom. The van der Waals surface area contributed by atoms with Gasteiger partial charge in [0.2, 0.25) is 0 Å². The Kier molecular flexibility index (Phi) is 13.0. The number of carbonyl (C=O) groups is 1. The van der Waals surface area contributed by atoms with Crippen LogP contribution in [0.2, 0.25) is 0 Å². The van der Waals surface area contributed by atoms with Gasteiger partial charge in [-0.05, 0) is 37.1 Å². The minimum absolute atomic E-state index is 0.557. The summed E-state index contributed by atoms with van der Waals surface area (Å²) in [5, 5.41) is 3.65. The second-order valence-electron chi connectivity index (χ2n) is 7.34. The van der Waals surface area contributed by atoms with Crippen molar-refractivity contribution in [2.75, 3.05) is 5.32 Å². The lowest BCUT2D eigenvalue weighted by Gasteiger charge is -2.19. The van der Waals surface area contributed by atoms with Crippen LogP contribution in [0.1, 0.15) is 108 Å². The molecule has 1 rings (SSSR count). The average molecular weight is 346 g/mol. The highest BCUT2D eigenvalue weighted by Crippen LogP contribution is 2.17. The molecule has 0 spiro atoms. The zero-order valence-electron chi connectivity index (χ0n) is 16.6. The minimum atomic E-state index is 0.557. The first-order chi connectivity index (χ1) is 12.3. The van der Waals surface area contributed by atoms with Gasteiger partial charge >= 0.3 is 0 Å². The van der Waals surface area contributed by atoms with Crippen LogP contribution in [-0.4, -0.2) is 12.3 Å². The van der Waals surface area contributed by atoms with Crippen LogP contribution in [-0.2, 0) is 0 Å². The zero-order chi connectivity index (χ0) is 18.2. The van der Waals surface area contributed by atoms with Crippen LogP contribution in [0.5, 0.6) is 0 Å². The third-order valence-electron chi connectivity index (χ3n) is 4.96. The lowest BCUT2D eigenvalue weighted by atomic mass is 10.0. The maximum absolute atomic E-state index is 10.7. The van der Waals surface area contributed by atoms with Crippen molar-refractivity contribution in [3.8, 4) is 0 Å². The molecule has 0 saturated carbocycles. The molecule has 0 bridgehead atoms. The molecular formula is C23H39NO. The predicted octanol–water partition coefficient (Wildman–Crippen LogP) is 7.39. The molecule has 142 valence electrons. The Morgan fingerprint density at radius 3 is 1.84 bits per heavy atom. The van der Waals surface area contributed by atoms with Gasteiger partial charge in [-0.3, -0.25) is 4.79 Å². The zero-order valence-corrected chi connectivity index (χ0v) is 16.6. The van der Waals surface area contributed by atoms with E-state index in [4.69, 9.17) is 0 Å². The van der Waals surface area contributed by atoms with E-state index < -0.39 is 0 Å². The number of hydrogen-bond donors (Lipinski definition) is 1. The highest BCUT2D eigenvalue weighted by Gasteiger charge is 2.07. The Balaban J connectivity index is 2.12. The van der Waals surface area contributed by atoms with E-state index in [9.17, 15) is 4.79 Å². The molecule has 0 fully saturated rings. The number of rotatable bonds is 16. The van der Waals surface area contributed by atoms with E-state index in [1.54, 1.807) is 0 Å². The van der Waals surface area contributed by atoms with Crippen molar-refractivity contribution in [2.45, 2.75) is 103 Å². The van der Waals surface area contributed by atoms with Gasteiger partial charge in [-0.15, -0.1) is 0 Å². The fraction of sp³-hybridized carbons (Fsp3) is 0.696.